The number of primary amides is 2. The molecule has 0 bridgehead atoms. The smallest absolute Gasteiger partial charge is 0.278 e. The molecule has 0 spiro atoms. The molecule has 4 amide bonds. The van der Waals surface area contributed by atoms with Crippen LogP contribution in [0.2, 0.25) is 0 Å². The SMILES string of the molecule is CCc1c(C(=O)Nc2nc3cc(C(N)=O)cc4c3n2[C@@H](CC#CC[C@H]2COc3cc(C(N)=O)cc5nc(NC(=O)c6n[nH]c(C)c6CC)n2c35)CO4)n[nH]c1C. The lowest BCUT2D eigenvalue weighted by Gasteiger charge is -2.26. The maximum atomic E-state index is 13.5. The van der Waals surface area contributed by atoms with Crippen molar-refractivity contribution in [3.63, 3.8) is 0 Å². The Hall–Kier alpha value is -7.16. The first-order valence-corrected chi connectivity index (χ1v) is 18.1. The molecular formula is C38H38N12O6. The Labute approximate surface area is 318 Å². The Morgan fingerprint density at radius 2 is 1.14 bits per heavy atom. The van der Waals surface area contributed by atoms with Gasteiger partial charge in [-0.05, 0) is 51.0 Å². The van der Waals surface area contributed by atoms with Crippen molar-refractivity contribution >= 4 is 57.6 Å². The molecule has 18 nitrogen and oxygen atoms in total. The summed E-state index contributed by atoms with van der Waals surface area (Å²) in [6.45, 7) is 7.95. The Morgan fingerprint density at radius 1 is 0.732 bits per heavy atom. The van der Waals surface area contributed by atoms with Gasteiger partial charge in [0.15, 0.2) is 11.4 Å². The molecule has 0 radical (unpaired) electrons. The zero-order valence-corrected chi connectivity index (χ0v) is 31.0. The standard InChI is InChI=1S/C38H38N12O6/c1-5-23-17(3)45-47-29(23)35(53)43-37-41-25-11-19(33(39)51)13-27-31(25)49(37)21(15-55-27)9-7-8-10-22-16-56-28-14-20(34(40)52)12-26-32(28)50(22)38(42-26)44-36(54)30-24(6-2)18(4)46-48-30/h11-14,21-22H,5-6,9-10,15-16H2,1-4H3,(H2,39,51)(H2,40,52)(H,45,47)(H,46,48)(H,41,43,53)(H,42,44,54)/t21-,22-/m0/s1. The molecule has 8 rings (SSSR count). The van der Waals surface area contributed by atoms with Crippen LogP contribution in [0.4, 0.5) is 11.9 Å². The molecule has 2 atom stereocenters. The number of aromatic amines is 2. The summed E-state index contributed by atoms with van der Waals surface area (Å²) >= 11 is 0. The normalized spacial score (nSPS) is 15.5. The van der Waals surface area contributed by atoms with Gasteiger partial charge >= 0.3 is 0 Å². The van der Waals surface area contributed by atoms with Crippen LogP contribution in [-0.2, 0) is 12.8 Å². The number of ether oxygens (including phenoxy) is 2. The molecule has 0 unspecified atom stereocenters. The zero-order chi connectivity index (χ0) is 39.4. The summed E-state index contributed by atoms with van der Waals surface area (Å²) in [7, 11) is 0. The molecule has 2 aromatic carbocycles. The van der Waals surface area contributed by atoms with Crippen LogP contribution in [0.5, 0.6) is 11.5 Å². The summed E-state index contributed by atoms with van der Waals surface area (Å²) < 4.78 is 15.9. The highest BCUT2D eigenvalue weighted by molar-refractivity contribution is 6.06. The van der Waals surface area contributed by atoms with Crippen molar-refractivity contribution in [3.05, 3.63) is 69.3 Å². The number of nitrogens with zero attached hydrogens (tertiary/aromatic N) is 6. The highest BCUT2D eigenvalue weighted by Gasteiger charge is 2.32. The minimum Gasteiger partial charge on any atom is -0.489 e. The molecule has 2 aliphatic rings. The van der Waals surface area contributed by atoms with E-state index in [9.17, 15) is 19.2 Å². The van der Waals surface area contributed by atoms with Gasteiger partial charge in [-0.3, -0.25) is 49.1 Å². The van der Waals surface area contributed by atoms with Crippen LogP contribution in [0.15, 0.2) is 24.3 Å². The molecule has 0 saturated heterocycles. The van der Waals surface area contributed by atoms with E-state index >= 15 is 0 Å². The van der Waals surface area contributed by atoms with Crippen LogP contribution in [0.3, 0.4) is 0 Å². The van der Waals surface area contributed by atoms with Gasteiger partial charge in [0.25, 0.3) is 11.8 Å². The maximum Gasteiger partial charge on any atom is 0.278 e. The minimum atomic E-state index is -0.637. The molecule has 8 N–H and O–H groups in total. The lowest BCUT2D eigenvalue weighted by Crippen LogP contribution is -2.26. The predicted molar refractivity (Wildman–Crippen MR) is 204 cm³/mol. The van der Waals surface area contributed by atoms with Crippen molar-refractivity contribution in [2.75, 3.05) is 23.8 Å². The van der Waals surface area contributed by atoms with Crippen molar-refractivity contribution in [2.24, 2.45) is 11.5 Å². The molecule has 2 aliphatic heterocycles. The van der Waals surface area contributed by atoms with Crippen molar-refractivity contribution in [1.29, 1.82) is 0 Å². The second kappa shape index (κ2) is 13.9. The van der Waals surface area contributed by atoms with E-state index in [0.717, 1.165) is 22.5 Å². The van der Waals surface area contributed by atoms with E-state index in [-0.39, 0.29) is 59.7 Å². The number of anilines is 2. The van der Waals surface area contributed by atoms with Gasteiger partial charge in [0.2, 0.25) is 23.7 Å². The average molecular weight is 759 g/mol. The number of H-pyrrole nitrogens is 2. The zero-order valence-electron chi connectivity index (χ0n) is 31.0. The van der Waals surface area contributed by atoms with Crippen LogP contribution in [0, 0.1) is 25.7 Å². The molecule has 56 heavy (non-hydrogen) atoms. The summed E-state index contributed by atoms with van der Waals surface area (Å²) in [6, 6.07) is 5.50. The predicted octanol–water partition coefficient (Wildman–Crippen LogP) is 3.63. The molecular weight excluding hydrogens is 720 g/mol. The quantitative estimate of drug-likeness (QED) is 0.111. The largest absolute Gasteiger partial charge is 0.489 e. The highest BCUT2D eigenvalue weighted by atomic mass is 16.5. The second-order valence-corrected chi connectivity index (χ2v) is 13.7. The van der Waals surface area contributed by atoms with E-state index < -0.39 is 23.6 Å². The first-order valence-electron chi connectivity index (χ1n) is 18.1. The number of aryl methyl sites for hydroxylation is 2. The number of carbonyl (C=O) groups is 4. The monoisotopic (exact) mass is 758 g/mol. The fourth-order valence-electron chi connectivity index (χ4n) is 7.45. The Morgan fingerprint density at radius 3 is 1.52 bits per heavy atom. The minimum absolute atomic E-state index is 0.173. The summed E-state index contributed by atoms with van der Waals surface area (Å²) in [5, 5.41) is 20.0. The van der Waals surface area contributed by atoms with Crippen LogP contribution in [0.25, 0.3) is 22.1 Å². The fourth-order valence-corrected chi connectivity index (χ4v) is 7.45. The number of hydrogen-bond donors (Lipinski definition) is 6. The summed E-state index contributed by atoms with van der Waals surface area (Å²) in [6.07, 6.45) is 1.82. The van der Waals surface area contributed by atoms with Crippen LogP contribution in [0.1, 0.15) is 103 Å². The third kappa shape index (κ3) is 6.02. The van der Waals surface area contributed by atoms with E-state index in [1.807, 2.05) is 36.8 Å². The molecule has 6 heterocycles. The summed E-state index contributed by atoms with van der Waals surface area (Å²) in [4.78, 5) is 60.7. The van der Waals surface area contributed by atoms with E-state index in [2.05, 4.69) is 52.8 Å². The molecule has 0 saturated carbocycles. The maximum absolute atomic E-state index is 13.5. The van der Waals surface area contributed by atoms with Crippen molar-refractivity contribution < 1.29 is 28.7 Å². The second-order valence-electron chi connectivity index (χ2n) is 13.7. The van der Waals surface area contributed by atoms with Crippen molar-refractivity contribution in [1.82, 2.24) is 39.5 Å². The number of rotatable bonds is 10. The Kier molecular flexibility index (Phi) is 8.91. The topological polar surface area (TPSA) is 256 Å². The van der Waals surface area contributed by atoms with Gasteiger partial charge in [0.1, 0.15) is 35.7 Å². The average Bonchev–Trinajstić information content (AvgIpc) is 3.95. The molecule has 0 fully saturated rings. The lowest BCUT2D eigenvalue weighted by atomic mass is 10.1. The van der Waals surface area contributed by atoms with Gasteiger partial charge < -0.3 is 20.9 Å². The summed E-state index contributed by atoms with van der Waals surface area (Å²) in [5.74, 6) is 5.71. The first kappa shape index (κ1) is 35.8. The van der Waals surface area contributed by atoms with E-state index in [4.69, 9.17) is 20.9 Å². The Balaban J connectivity index is 1.10. The number of nitrogens with one attached hydrogen (secondary N) is 4. The number of carbonyl (C=O) groups excluding carboxylic acids is 4. The van der Waals surface area contributed by atoms with E-state index in [1.54, 1.807) is 24.3 Å². The molecule has 18 heteroatoms. The first-order chi connectivity index (χ1) is 27.0. The number of aromatic nitrogens is 8. The van der Waals surface area contributed by atoms with Gasteiger partial charge in [-0.2, -0.15) is 10.2 Å². The molecule has 4 aromatic heterocycles. The van der Waals surface area contributed by atoms with Crippen LogP contribution >= 0.6 is 0 Å². The lowest BCUT2D eigenvalue weighted by molar-refractivity contribution is 0.0991. The van der Waals surface area contributed by atoms with Gasteiger partial charge in [0, 0.05) is 46.5 Å². The molecule has 6 aromatic rings. The van der Waals surface area contributed by atoms with E-state index in [0.29, 0.717) is 59.2 Å². The molecule has 286 valence electrons. The van der Waals surface area contributed by atoms with Crippen LogP contribution < -0.4 is 31.6 Å². The van der Waals surface area contributed by atoms with Crippen molar-refractivity contribution in [2.45, 2.75) is 65.5 Å². The number of amides is 4. The fraction of sp³-hybridized carbons (Fsp3) is 0.316. The van der Waals surface area contributed by atoms with Gasteiger partial charge in [-0.15, -0.1) is 11.8 Å². The number of imidazole rings is 2. The Bertz CT molecular complexity index is 2510. The summed E-state index contributed by atoms with van der Waals surface area (Å²) in [5.41, 5.74) is 17.4. The van der Waals surface area contributed by atoms with Gasteiger partial charge in [0.05, 0.1) is 23.1 Å². The third-order valence-corrected chi connectivity index (χ3v) is 10.2. The van der Waals surface area contributed by atoms with Crippen molar-refractivity contribution in [3.8, 4) is 23.3 Å². The van der Waals surface area contributed by atoms with Gasteiger partial charge in [-0.25, -0.2) is 9.97 Å². The van der Waals surface area contributed by atoms with E-state index in [1.165, 1.54) is 0 Å². The molecule has 0 aliphatic carbocycles. The number of hydrogen-bond acceptors (Lipinski definition) is 10. The van der Waals surface area contributed by atoms with Crippen LogP contribution in [-0.4, -0.2) is 76.3 Å². The van der Waals surface area contributed by atoms with Gasteiger partial charge in [-0.1, -0.05) is 13.8 Å². The number of benzene rings is 2. The third-order valence-electron chi connectivity index (χ3n) is 10.2. The number of nitrogens with two attached hydrogens (primary N) is 2. The highest BCUT2D eigenvalue weighted by Crippen LogP contribution is 2.40.